The molecule has 17 nitrogen and oxygen atoms in total. The number of fused-ring (bicyclic) bond motifs is 1. The number of piperidine rings is 2. The molecule has 18 heteroatoms. The Morgan fingerprint density at radius 2 is 1.48 bits per heavy atom. The highest BCUT2D eigenvalue weighted by atomic mass is 35.5. The van der Waals surface area contributed by atoms with E-state index in [1.165, 1.54) is 0 Å². The van der Waals surface area contributed by atoms with Crippen LogP contribution in [0.5, 0.6) is 0 Å². The van der Waals surface area contributed by atoms with E-state index < -0.39 is 23.8 Å². The van der Waals surface area contributed by atoms with Gasteiger partial charge in [0.15, 0.2) is 0 Å². The van der Waals surface area contributed by atoms with Gasteiger partial charge in [-0.25, -0.2) is 14.8 Å². The van der Waals surface area contributed by atoms with E-state index in [0.717, 1.165) is 145 Å². The van der Waals surface area contributed by atoms with Crippen LogP contribution in [0.3, 0.4) is 0 Å². The van der Waals surface area contributed by atoms with Crippen LogP contribution in [0, 0.1) is 11.8 Å². The van der Waals surface area contributed by atoms with Crippen molar-refractivity contribution in [3.05, 3.63) is 87.8 Å². The topological polar surface area (TPSA) is 175 Å². The molecule has 4 saturated heterocycles. The van der Waals surface area contributed by atoms with Gasteiger partial charge in [-0.05, 0) is 158 Å². The van der Waals surface area contributed by atoms with Gasteiger partial charge in [-0.2, -0.15) is 0 Å². The summed E-state index contributed by atoms with van der Waals surface area (Å²) in [6.07, 6.45) is 12.7. The van der Waals surface area contributed by atoms with E-state index >= 15 is 0 Å². The molecular weight excluding hydrogens is 1030 g/mol. The van der Waals surface area contributed by atoms with Crippen LogP contribution < -0.4 is 10.2 Å². The van der Waals surface area contributed by atoms with Crippen molar-refractivity contribution < 1.29 is 33.8 Å². The summed E-state index contributed by atoms with van der Waals surface area (Å²) in [6, 6.07) is 15.0. The van der Waals surface area contributed by atoms with Gasteiger partial charge in [0.1, 0.15) is 30.3 Å². The lowest BCUT2D eigenvalue weighted by molar-refractivity contribution is -0.137. The molecule has 5 amide bonds. The van der Waals surface area contributed by atoms with Gasteiger partial charge in [-0.15, -0.1) is 0 Å². The van der Waals surface area contributed by atoms with Gasteiger partial charge in [-0.3, -0.25) is 29.0 Å². The number of ether oxygens (including phenoxy) is 1. The van der Waals surface area contributed by atoms with E-state index in [4.69, 9.17) is 16.3 Å². The number of benzene rings is 2. The van der Waals surface area contributed by atoms with Crippen molar-refractivity contribution in [1.29, 1.82) is 0 Å². The quantitative estimate of drug-likeness (QED) is 0.143. The van der Waals surface area contributed by atoms with Gasteiger partial charge in [0, 0.05) is 100 Å². The Balaban J connectivity index is 0.686. The summed E-state index contributed by atoms with van der Waals surface area (Å²) in [5, 5.41) is 14.5. The minimum absolute atomic E-state index is 0.00367. The maximum absolute atomic E-state index is 14.6. The number of likely N-dealkylation sites (tertiary alicyclic amines) is 2. The van der Waals surface area contributed by atoms with Crippen LogP contribution in [0.1, 0.15) is 168 Å². The molecule has 10 rings (SSSR count). The van der Waals surface area contributed by atoms with E-state index in [0.29, 0.717) is 75.3 Å². The van der Waals surface area contributed by atoms with Crippen LogP contribution in [0.2, 0.25) is 5.02 Å². The number of rotatable bonds is 16. The summed E-state index contributed by atoms with van der Waals surface area (Å²) in [4.78, 5) is 93.8. The van der Waals surface area contributed by atoms with E-state index in [2.05, 4.69) is 36.9 Å². The first-order valence-corrected chi connectivity index (χ1v) is 30.7. The molecule has 0 bridgehead atoms. The van der Waals surface area contributed by atoms with Crippen molar-refractivity contribution in [2.45, 2.75) is 153 Å². The molecule has 5 heterocycles. The predicted octanol–water partition coefficient (Wildman–Crippen LogP) is 7.83. The Morgan fingerprint density at radius 3 is 2.17 bits per heavy atom. The molecule has 4 aliphatic heterocycles. The molecule has 6 fully saturated rings. The minimum atomic E-state index is -0.643. The highest BCUT2D eigenvalue weighted by Gasteiger charge is 2.40. The van der Waals surface area contributed by atoms with Gasteiger partial charge < -0.3 is 39.7 Å². The van der Waals surface area contributed by atoms with E-state index in [9.17, 15) is 29.1 Å². The number of hydrogen-bond acceptors (Lipinski definition) is 12. The average Bonchev–Trinajstić information content (AvgIpc) is 4.29. The summed E-state index contributed by atoms with van der Waals surface area (Å²) < 4.78 is 5.65. The third kappa shape index (κ3) is 14.3. The summed E-state index contributed by atoms with van der Waals surface area (Å²) in [6.45, 7) is 18.1. The number of piperazine rings is 2. The number of carbonyl (C=O) groups excluding carboxylic acids is 5. The third-order valence-corrected chi connectivity index (χ3v) is 18.6. The molecule has 1 aromatic heterocycles. The first-order valence-electron chi connectivity index (χ1n) is 30.3. The van der Waals surface area contributed by atoms with Crippen LogP contribution in [0.15, 0.2) is 54.9 Å². The number of aliphatic hydroxyl groups excluding tert-OH is 1. The minimum Gasteiger partial charge on any atom is -0.444 e. The van der Waals surface area contributed by atoms with Crippen molar-refractivity contribution >= 4 is 47.1 Å². The molecule has 3 aliphatic carbocycles. The molecular formula is C62H87ClN10O7. The second-order valence-corrected chi connectivity index (χ2v) is 25.7. The van der Waals surface area contributed by atoms with Gasteiger partial charge in [0.2, 0.25) is 17.7 Å². The van der Waals surface area contributed by atoms with Gasteiger partial charge in [-0.1, -0.05) is 62.1 Å². The number of carbonyl (C=O) groups is 5. The number of nitrogens with one attached hydrogen (secondary N) is 1. The zero-order valence-corrected chi connectivity index (χ0v) is 48.7. The van der Waals surface area contributed by atoms with Gasteiger partial charge >= 0.3 is 6.09 Å². The fourth-order valence-corrected chi connectivity index (χ4v) is 13.8. The molecule has 0 radical (unpaired) electrons. The summed E-state index contributed by atoms with van der Waals surface area (Å²) in [5.74, 6) is 1.37. The largest absolute Gasteiger partial charge is 0.444 e. The average molecular weight is 1120 g/mol. The maximum Gasteiger partial charge on any atom is 0.411 e. The predicted molar refractivity (Wildman–Crippen MR) is 309 cm³/mol. The second-order valence-electron chi connectivity index (χ2n) is 25.3. The van der Waals surface area contributed by atoms with E-state index in [1.54, 1.807) is 11.2 Å². The SMILES string of the molecule is C[C@@H]1C[C@@H](O)c2ncnc(N3CCN(C(=O)[C@H](CCN4CCC(CN5CCN(C(=O)[C@H](NC(=O)c6cccc(C7CCCN(C(=O)CN(C(=O)OC(C)(C)C)C8CC8)C7)c6)C6CCCCC6)CC5)CC4)c4ccc(Cl)cc4)CC3)c21. The molecule has 2 saturated carbocycles. The number of anilines is 1. The van der Waals surface area contributed by atoms with Crippen LogP contribution in [-0.4, -0.2) is 190 Å². The van der Waals surface area contributed by atoms with Crippen LogP contribution in [-0.2, 0) is 19.1 Å². The number of nitrogens with zero attached hydrogens (tertiary/aromatic N) is 9. The zero-order valence-electron chi connectivity index (χ0n) is 47.9. The fraction of sp³-hybridized carbons (Fsp3) is 0.661. The molecule has 80 heavy (non-hydrogen) atoms. The lowest BCUT2D eigenvalue weighted by Gasteiger charge is -2.41. The Kier molecular flexibility index (Phi) is 18.7. The van der Waals surface area contributed by atoms with Crippen LogP contribution in [0.25, 0.3) is 0 Å². The molecule has 7 aliphatic rings. The second kappa shape index (κ2) is 25.8. The smallest absolute Gasteiger partial charge is 0.411 e. The number of hydrogen-bond donors (Lipinski definition) is 2. The van der Waals surface area contributed by atoms with Crippen molar-refractivity contribution in [3.8, 4) is 0 Å². The van der Waals surface area contributed by atoms with Crippen molar-refractivity contribution in [1.82, 2.24) is 44.7 Å². The molecule has 2 aromatic carbocycles. The zero-order chi connectivity index (χ0) is 56.1. The fourth-order valence-electron chi connectivity index (χ4n) is 13.6. The molecule has 3 aromatic rings. The lowest BCUT2D eigenvalue weighted by atomic mass is 9.83. The van der Waals surface area contributed by atoms with Crippen LogP contribution >= 0.6 is 11.6 Å². The molecule has 5 atom stereocenters. The molecule has 2 N–H and O–H groups in total. The molecule has 434 valence electrons. The normalized spacial score (nSPS) is 23.6. The standard InChI is InChI=1S/C62H87ClN10O7/c1-42-36-52(74)56-54(42)57(65-41-64-56)69-32-34-70(35-33-69)59(77)51(44-15-17-49(63)18-16-44)23-27-67-25-21-43(22-26-67)38-68-28-30-71(31-29-68)60(78)55(45-10-6-5-7-11-45)66-58(76)47-13-8-12-46(37-47)48-14-9-24-72(39-48)53(75)40-73(50-19-20-50)61(79)80-62(2,3)4/h8,12-13,15-18,37,41-43,45,48,50-52,55,74H,5-7,9-11,14,19-36,38-40H2,1-4H3,(H,66,76)/t42-,48?,51-,52-,55-/m1/s1. The first-order chi connectivity index (χ1) is 38.5. The number of halogens is 1. The van der Waals surface area contributed by atoms with E-state index in [-0.39, 0.29) is 59.9 Å². The van der Waals surface area contributed by atoms with Crippen molar-refractivity contribution in [2.24, 2.45) is 11.8 Å². The Morgan fingerprint density at radius 1 is 0.775 bits per heavy atom. The van der Waals surface area contributed by atoms with E-state index in [1.807, 2.05) is 84.0 Å². The number of aliphatic hydroxyl groups is 1. The molecule has 0 spiro atoms. The third-order valence-electron chi connectivity index (χ3n) is 18.4. The Bertz CT molecular complexity index is 2640. The maximum atomic E-state index is 14.6. The molecule has 1 unspecified atom stereocenters. The first kappa shape index (κ1) is 57.9. The number of aromatic nitrogens is 2. The van der Waals surface area contributed by atoms with Crippen molar-refractivity contribution in [2.75, 3.05) is 103 Å². The highest BCUT2D eigenvalue weighted by molar-refractivity contribution is 6.30. The van der Waals surface area contributed by atoms with Crippen LogP contribution in [0.4, 0.5) is 10.6 Å². The van der Waals surface area contributed by atoms with Crippen molar-refractivity contribution in [3.63, 3.8) is 0 Å². The lowest BCUT2D eigenvalue weighted by Crippen LogP contribution is -2.57. The summed E-state index contributed by atoms with van der Waals surface area (Å²) in [7, 11) is 0. The Labute approximate surface area is 479 Å². The Hall–Kier alpha value is -5.36. The van der Waals surface area contributed by atoms with Gasteiger partial charge in [0.25, 0.3) is 5.91 Å². The highest BCUT2D eigenvalue weighted by Crippen LogP contribution is 2.43. The number of amides is 5. The summed E-state index contributed by atoms with van der Waals surface area (Å²) >= 11 is 6.33. The summed E-state index contributed by atoms with van der Waals surface area (Å²) in [5.41, 5.74) is 3.66. The monoisotopic (exact) mass is 1120 g/mol. The van der Waals surface area contributed by atoms with Gasteiger partial charge in [0.05, 0.1) is 17.7 Å².